The van der Waals surface area contributed by atoms with Crippen LogP contribution in [-0.2, 0) is 15.2 Å². The molecule has 1 N–H and O–H groups in total. The Balaban J connectivity index is 2.45. The van der Waals surface area contributed by atoms with Crippen molar-refractivity contribution in [2.45, 2.75) is 46.1 Å². The number of aliphatic hydroxyl groups is 1. The monoisotopic (exact) mass is 289 g/mol. The summed E-state index contributed by atoms with van der Waals surface area (Å²) in [5.74, 6) is -0.101. The van der Waals surface area contributed by atoms with Gasteiger partial charge in [0.2, 0.25) is 0 Å². The third-order valence-corrected chi connectivity index (χ3v) is 3.92. The molecule has 1 aliphatic heterocycles. The number of carbonyl (C=O) groups excluding carboxylic acids is 2. The van der Waals surface area contributed by atoms with E-state index in [1.54, 1.807) is 4.90 Å². The number of nitrogens with zero attached hydrogens (tertiary/aromatic N) is 1. The molecule has 1 aliphatic rings. The standard InChI is InChI=1S/C17H23NO3/c1-11(2)7-8-18-15-6-5-12(3)9-14(15)17(21,16(18)20)10-13(4)19/h5-6,9,11,21H,7-8,10H2,1-4H3. The molecule has 1 atom stereocenters. The Morgan fingerprint density at radius 3 is 2.62 bits per heavy atom. The van der Waals surface area contributed by atoms with Crippen molar-refractivity contribution in [3.05, 3.63) is 29.3 Å². The van der Waals surface area contributed by atoms with Gasteiger partial charge in [0, 0.05) is 18.5 Å². The van der Waals surface area contributed by atoms with Gasteiger partial charge >= 0.3 is 0 Å². The zero-order valence-electron chi connectivity index (χ0n) is 13.1. The number of carbonyl (C=O) groups is 2. The third kappa shape index (κ3) is 2.86. The topological polar surface area (TPSA) is 57.6 Å². The van der Waals surface area contributed by atoms with Crippen molar-refractivity contribution in [1.82, 2.24) is 0 Å². The Labute approximate surface area is 125 Å². The molecule has 0 saturated carbocycles. The van der Waals surface area contributed by atoms with Crippen molar-refractivity contribution < 1.29 is 14.7 Å². The van der Waals surface area contributed by atoms with Crippen molar-refractivity contribution in [2.75, 3.05) is 11.4 Å². The van der Waals surface area contributed by atoms with Gasteiger partial charge in [-0.3, -0.25) is 9.59 Å². The molecule has 4 nitrogen and oxygen atoms in total. The first kappa shape index (κ1) is 15.7. The summed E-state index contributed by atoms with van der Waals surface area (Å²) >= 11 is 0. The van der Waals surface area contributed by atoms with Crippen LogP contribution in [0.3, 0.4) is 0 Å². The highest BCUT2D eigenvalue weighted by molar-refractivity contribution is 6.08. The smallest absolute Gasteiger partial charge is 0.264 e. The van der Waals surface area contributed by atoms with Gasteiger partial charge < -0.3 is 10.0 Å². The van der Waals surface area contributed by atoms with E-state index in [9.17, 15) is 14.7 Å². The Morgan fingerprint density at radius 2 is 2.05 bits per heavy atom. The molecule has 114 valence electrons. The van der Waals surface area contributed by atoms with Gasteiger partial charge in [0.25, 0.3) is 5.91 Å². The Bertz CT molecular complexity index is 579. The molecule has 1 amide bonds. The number of amides is 1. The lowest BCUT2D eigenvalue weighted by Gasteiger charge is -2.22. The number of rotatable bonds is 5. The highest BCUT2D eigenvalue weighted by atomic mass is 16.3. The highest BCUT2D eigenvalue weighted by Crippen LogP contribution is 2.43. The number of hydrogen-bond donors (Lipinski definition) is 1. The summed E-state index contributed by atoms with van der Waals surface area (Å²) in [6.45, 7) is 8.07. The lowest BCUT2D eigenvalue weighted by Crippen LogP contribution is -2.42. The summed E-state index contributed by atoms with van der Waals surface area (Å²) in [4.78, 5) is 25.8. The van der Waals surface area contributed by atoms with Crippen molar-refractivity contribution in [2.24, 2.45) is 5.92 Å². The molecule has 2 rings (SSSR count). The number of Topliss-reactive ketones (excluding diaryl/α,β-unsaturated/α-hetero) is 1. The van der Waals surface area contributed by atoms with Gasteiger partial charge in [-0.1, -0.05) is 31.5 Å². The van der Waals surface area contributed by atoms with E-state index in [4.69, 9.17) is 0 Å². The molecule has 1 aromatic carbocycles. The number of hydrogen-bond acceptors (Lipinski definition) is 3. The van der Waals surface area contributed by atoms with Crippen LogP contribution >= 0.6 is 0 Å². The van der Waals surface area contributed by atoms with Crippen molar-refractivity contribution in [3.63, 3.8) is 0 Å². The van der Waals surface area contributed by atoms with Gasteiger partial charge in [-0.05, 0) is 32.3 Å². The second kappa shape index (κ2) is 5.60. The lowest BCUT2D eigenvalue weighted by atomic mass is 9.89. The van der Waals surface area contributed by atoms with Gasteiger partial charge in [0.05, 0.1) is 5.69 Å². The zero-order chi connectivity index (χ0) is 15.8. The molecule has 0 aliphatic carbocycles. The molecule has 0 radical (unpaired) electrons. The van der Waals surface area contributed by atoms with Crippen molar-refractivity contribution >= 4 is 17.4 Å². The molecule has 0 aromatic heterocycles. The third-order valence-electron chi connectivity index (χ3n) is 3.92. The maximum Gasteiger partial charge on any atom is 0.264 e. The number of anilines is 1. The lowest BCUT2D eigenvalue weighted by molar-refractivity contribution is -0.141. The van der Waals surface area contributed by atoms with E-state index >= 15 is 0 Å². The first-order chi connectivity index (χ1) is 9.75. The molecule has 1 aromatic rings. The molecule has 0 bridgehead atoms. The van der Waals surface area contributed by atoms with E-state index in [0.717, 1.165) is 17.7 Å². The molecule has 4 heteroatoms. The number of aryl methyl sites for hydroxylation is 1. The SMILES string of the molecule is CC(=O)CC1(O)C(=O)N(CCC(C)C)c2ccc(C)cc21. The summed E-state index contributed by atoms with van der Waals surface area (Å²) in [6.07, 6.45) is 0.690. The van der Waals surface area contributed by atoms with E-state index in [1.807, 2.05) is 25.1 Å². The summed E-state index contributed by atoms with van der Waals surface area (Å²) in [6, 6.07) is 5.60. The van der Waals surface area contributed by atoms with Crippen LogP contribution in [-0.4, -0.2) is 23.3 Å². The van der Waals surface area contributed by atoms with Gasteiger partial charge in [0.1, 0.15) is 5.78 Å². The maximum absolute atomic E-state index is 12.7. The van der Waals surface area contributed by atoms with E-state index in [2.05, 4.69) is 13.8 Å². The molecular weight excluding hydrogens is 266 g/mol. The van der Waals surface area contributed by atoms with Gasteiger partial charge in [-0.25, -0.2) is 0 Å². The quantitative estimate of drug-likeness (QED) is 0.906. The van der Waals surface area contributed by atoms with E-state index in [1.165, 1.54) is 6.92 Å². The van der Waals surface area contributed by atoms with Crippen LogP contribution in [0.4, 0.5) is 5.69 Å². The second-order valence-electron chi connectivity index (χ2n) is 6.40. The fourth-order valence-corrected chi connectivity index (χ4v) is 2.80. The van der Waals surface area contributed by atoms with Gasteiger partial charge in [-0.15, -0.1) is 0 Å². The maximum atomic E-state index is 12.7. The summed E-state index contributed by atoms with van der Waals surface area (Å²) < 4.78 is 0. The van der Waals surface area contributed by atoms with Crippen molar-refractivity contribution in [3.8, 4) is 0 Å². The average molecular weight is 289 g/mol. The minimum absolute atomic E-state index is 0.166. The van der Waals surface area contributed by atoms with Crippen LogP contribution in [0.1, 0.15) is 44.7 Å². The van der Waals surface area contributed by atoms with E-state index in [-0.39, 0.29) is 18.1 Å². The number of benzene rings is 1. The minimum Gasteiger partial charge on any atom is -0.375 e. The molecule has 1 heterocycles. The first-order valence-corrected chi connectivity index (χ1v) is 7.40. The largest absolute Gasteiger partial charge is 0.375 e. The fraction of sp³-hybridized carbons (Fsp3) is 0.529. The van der Waals surface area contributed by atoms with Gasteiger partial charge in [-0.2, -0.15) is 0 Å². The van der Waals surface area contributed by atoms with Crippen LogP contribution in [0.15, 0.2) is 18.2 Å². The van der Waals surface area contributed by atoms with Crippen molar-refractivity contribution in [1.29, 1.82) is 0 Å². The predicted octanol–water partition coefficient (Wildman–Crippen LogP) is 2.55. The van der Waals surface area contributed by atoms with E-state index < -0.39 is 5.60 Å². The minimum atomic E-state index is -1.70. The summed E-state index contributed by atoms with van der Waals surface area (Å²) in [7, 11) is 0. The molecular formula is C17H23NO3. The molecule has 1 unspecified atom stereocenters. The number of fused-ring (bicyclic) bond motifs is 1. The van der Waals surface area contributed by atoms with E-state index in [0.29, 0.717) is 18.0 Å². The second-order valence-corrected chi connectivity index (χ2v) is 6.40. The Kier molecular flexibility index (Phi) is 4.19. The molecule has 21 heavy (non-hydrogen) atoms. The number of ketones is 1. The Morgan fingerprint density at radius 1 is 1.38 bits per heavy atom. The van der Waals surface area contributed by atoms with Gasteiger partial charge in [0.15, 0.2) is 5.60 Å². The van der Waals surface area contributed by atoms with Crippen LogP contribution in [0.5, 0.6) is 0 Å². The zero-order valence-corrected chi connectivity index (χ0v) is 13.1. The van der Waals surface area contributed by atoms with Crippen LogP contribution < -0.4 is 4.90 Å². The Hall–Kier alpha value is -1.68. The molecule has 0 saturated heterocycles. The molecule has 0 fully saturated rings. The summed E-state index contributed by atoms with van der Waals surface area (Å²) in [5.41, 5.74) is 0.556. The fourth-order valence-electron chi connectivity index (χ4n) is 2.80. The average Bonchev–Trinajstić information content (AvgIpc) is 2.56. The first-order valence-electron chi connectivity index (χ1n) is 7.40. The normalized spacial score (nSPS) is 21.0. The van der Waals surface area contributed by atoms with Crippen LogP contribution in [0.25, 0.3) is 0 Å². The predicted molar refractivity (Wildman–Crippen MR) is 82.2 cm³/mol. The van der Waals surface area contributed by atoms with Crippen LogP contribution in [0.2, 0.25) is 0 Å². The molecule has 0 spiro atoms. The highest BCUT2D eigenvalue weighted by Gasteiger charge is 2.50. The summed E-state index contributed by atoms with van der Waals surface area (Å²) in [5, 5.41) is 10.8. The van der Waals surface area contributed by atoms with Crippen LogP contribution in [0, 0.1) is 12.8 Å².